The lowest BCUT2D eigenvalue weighted by Crippen LogP contribution is -2.09. The molecule has 1 aromatic rings. The van der Waals surface area contributed by atoms with Gasteiger partial charge in [-0.05, 0) is 15.9 Å². The van der Waals surface area contributed by atoms with Crippen LogP contribution in [0.4, 0.5) is 0 Å². The first-order valence-corrected chi connectivity index (χ1v) is 3.59. The van der Waals surface area contributed by atoms with Crippen molar-refractivity contribution in [2.24, 2.45) is 7.05 Å². The minimum atomic E-state index is -0.495. The van der Waals surface area contributed by atoms with Crippen LogP contribution < -0.4 is 0 Å². The smallest absolute Gasteiger partial charge is 0.376 e. The number of hydrogen-bond donors (Lipinski definition) is 0. The van der Waals surface area contributed by atoms with E-state index in [1.807, 2.05) is 0 Å². The van der Waals surface area contributed by atoms with E-state index in [4.69, 9.17) is 0 Å². The van der Waals surface area contributed by atoms with E-state index < -0.39 is 5.97 Å². The number of nitrogens with zero attached hydrogens (tertiary/aromatic N) is 3. The zero-order chi connectivity index (χ0) is 8.43. The molecular weight excluding hydrogens is 214 g/mol. The van der Waals surface area contributed by atoms with Crippen molar-refractivity contribution < 1.29 is 9.53 Å². The molecule has 0 radical (unpaired) electrons. The molecule has 0 amide bonds. The van der Waals surface area contributed by atoms with Gasteiger partial charge in [0.1, 0.15) is 0 Å². The molecule has 0 fully saturated rings. The maximum atomic E-state index is 10.9. The molecule has 60 valence electrons. The fourth-order valence-corrected chi connectivity index (χ4v) is 0.826. The molecule has 0 aliphatic carbocycles. The number of ether oxygens (including phenoxy) is 1. The quantitative estimate of drug-likeness (QED) is 0.641. The summed E-state index contributed by atoms with van der Waals surface area (Å²) in [6.45, 7) is 0. The second-order valence-corrected chi connectivity index (χ2v) is 2.55. The Morgan fingerprint density at radius 2 is 2.27 bits per heavy atom. The monoisotopic (exact) mass is 219 g/mol. The van der Waals surface area contributed by atoms with Crippen LogP contribution in [0.5, 0.6) is 0 Å². The average Bonchev–Trinajstić information content (AvgIpc) is 2.32. The summed E-state index contributed by atoms with van der Waals surface area (Å²) < 4.78 is 6.44. The predicted molar refractivity (Wildman–Crippen MR) is 40.0 cm³/mol. The molecular formula is C5H6BrN3O2. The Hall–Kier alpha value is -0.910. The van der Waals surface area contributed by atoms with Crippen molar-refractivity contribution in [3.8, 4) is 0 Å². The lowest BCUT2D eigenvalue weighted by atomic mass is 10.6. The molecule has 0 saturated heterocycles. The third kappa shape index (κ3) is 1.40. The van der Waals surface area contributed by atoms with Crippen molar-refractivity contribution in [1.29, 1.82) is 0 Å². The van der Waals surface area contributed by atoms with E-state index in [1.165, 1.54) is 11.7 Å². The van der Waals surface area contributed by atoms with E-state index in [0.717, 1.165) is 0 Å². The summed E-state index contributed by atoms with van der Waals surface area (Å²) in [6.07, 6.45) is 0. The Labute approximate surface area is 71.5 Å². The molecule has 0 unspecified atom stereocenters. The van der Waals surface area contributed by atoms with Gasteiger partial charge in [0.25, 0.3) is 0 Å². The number of hydrogen-bond acceptors (Lipinski definition) is 4. The Morgan fingerprint density at radius 3 is 2.64 bits per heavy atom. The minimum absolute atomic E-state index is 0.180. The number of methoxy groups -OCH3 is 1. The summed E-state index contributed by atoms with van der Waals surface area (Å²) in [6, 6.07) is 0. The van der Waals surface area contributed by atoms with E-state index in [9.17, 15) is 4.79 Å². The molecule has 0 bridgehead atoms. The van der Waals surface area contributed by atoms with Crippen molar-refractivity contribution >= 4 is 21.9 Å². The second-order valence-electron chi connectivity index (χ2n) is 1.84. The van der Waals surface area contributed by atoms with Crippen LogP contribution in [0.3, 0.4) is 0 Å². The van der Waals surface area contributed by atoms with E-state index in [-0.39, 0.29) is 5.82 Å². The summed E-state index contributed by atoms with van der Waals surface area (Å²) in [5.74, 6) is -0.315. The molecule has 6 heteroatoms. The molecule has 1 heterocycles. The molecule has 1 aromatic heterocycles. The summed E-state index contributed by atoms with van der Waals surface area (Å²) in [5, 5.41) is 7.19. The molecule has 1 rings (SSSR count). The van der Waals surface area contributed by atoms with Gasteiger partial charge in [-0.25, -0.2) is 4.79 Å². The van der Waals surface area contributed by atoms with E-state index in [0.29, 0.717) is 4.73 Å². The van der Waals surface area contributed by atoms with Gasteiger partial charge < -0.3 is 4.74 Å². The molecule has 11 heavy (non-hydrogen) atoms. The van der Waals surface area contributed by atoms with Gasteiger partial charge in [0.2, 0.25) is 5.82 Å². The van der Waals surface area contributed by atoms with Gasteiger partial charge in [-0.2, -0.15) is 0 Å². The predicted octanol–water partition coefficient (Wildman–Crippen LogP) is 0.364. The van der Waals surface area contributed by atoms with Gasteiger partial charge in [0.05, 0.1) is 7.11 Å². The Morgan fingerprint density at radius 1 is 1.64 bits per heavy atom. The van der Waals surface area contributed by atoms with Gasteiger partial charge in [-0.15, -0.1) is 10.2 Å². The molecule has 0 aliphatic heterocycles. The van der Waals surface area contributed by atoms with Crippen LogP contribution >= 0.6 is 15.9 Å². The largest absolute Gasteiger partial charge is 0.463 e. The summed E-state index contributed by atoms with van der Waals surface area (Å²) in [5.41, 5.74) is 0. The summed E-state index contributed by atoms with van der Waals surface area (Å²) in [7, 11) is 2.96. The molecule has 0 aromatic carbocycles. The van der Waals surface area contributed by atoms with Crippen LogP contribution in [-0.2, 0) is 11.8 Å². The van der Waals surface area contributed by atoms with Crippen molar-refractivity contribution in [2.75, 3.05) is 7.11 Å². The van der Waals surface area contributed by atoms with Crippen molar-refractivity contribution in [1.82, 2.24) is 14.8 Å². The number of carbonyl (C=O) groups is 1. The zero-order valence-corrected chi connectivity index (χ0v) is 7.62. The fourth-order valence-electron chi connectivity index (χ4n) is 0.579. The minimum Gasteiger partial charge on any atom is -0.463 e. The molecule has 0 aliphatic rings. The van der Waals surface area contributed by atoms with Crippen LogP contribution in [0.25, 0.3) is 0 Å². The van der Waals surface area contributed by atoms with Crippen molar-refractivity contribution in [3.63, 3.8) is 0 Å². The maximum absolute atomic E-state index is 10.9. The molecule has 0 saturated carbocycles. The average molecular weight is 220 g/mol. The number of esters is 1. The van der Waals surface area contributed by atoms with Gasteiger partial charge in [-0.1, -0.05) is 0 Å². The molecule has 5 nitrogen and oxygen atoms in total. The first-order chi connectivity index (χ1) is 5.16. The first kappa shape index (κ1) is 8.19. The fraction of sp³-hybridized carbons (Fsp3) is 0.400. The van der Waals surface area contributed by atoms with Crippen LogP contribution in [0.1, 0.15) is 10.6 Å². The van der Waals surface area contributed by atoms with E-state index in [1.54, 1.807) is 7.05 Å². The summed E-state index contributed by atoms with van der Waals surface area (Å²) in [4.78, 5) is 10.9. The van der Waals surface area contributed by atoms with Crippen LogP contribution in [0.2, 0.25) is 0 Å². The zero-order valence-electron chi connectivity index (χ0n) is 6.04. The number of aromatic nitrogens is 3. The van der Waals surface area contributed by atoms with Gasteiger partial charge in [0, 0.05) is 7.05 Å². The second kappa shape index (κ2) is 3.00. The highest BCUT2D eigenvalue weighted by molar-refractivity contribution is 9.10. The van der Waals surface area contributed by atoms with Gasteiger partial charge >= 0.3 is 5.97 Å². The van der Waals surface area contributed by atoms with Gasteiger partial charge in [0.15, 0.2) is 4.73 Å². The van der Waals surface area contributed by atoms with E-state index in [2.05, 4.69) is 30.9 Å². The highest BCUT2D eigenvalue weighted by atomic mass is 79.9. The van der Waals surface area contributed by atoms with E-state index >= 15 is 0 Å². The normalized spacial score (nSPS) is 9.73. The van der Waals surface area contributed by atoms with Crippen LogP contribution in [0.15, 0.2) is 4.73 Å². The molecule has 0 N–H and O–H groups in total. The van der Waals surface area contributed by atoms with Gasteiger partial charge in [-0.3, -0.25) is 4.57 Å². The number of halogens is 1. The molecule has 0 atom stereocenters. The third-order valence-corrected chi connectivity index (χ3v) is 1.88. The van der Waals surface area contributed by atoms with Crippen molar-refractivity contribution in [3.05, 3.63) is 10.6 Å². The highest BCUT2D eigenvalue weighted by Crippen LogP contribution is 2.06. The lowest BCUT2D eigenvalue weighted by Gasteiger charge is -1.96. The Balaban J connectivity index is 3.04. The Bertz CT molecular complexity index is 283. The number of carbonyl (C=O) groups excluding carboxylic acids is 1. The Kier molecular flexibility index (Phi) is 2.23. The maximum Gasteiger partial charge on any atom is 0.376 e. The standard InChI is InChI=1S/C5H6BrN3O2/c1-9-3(4(10)11-2)7-8-5(9)6/h1-2H3. The number of rotatable bonds is 1. The van der Waals surface area contributed by atoms with Crippen LogP contribution in [0, 0.1) is 0 Å². The third-order valence-electron chi connectivity index (χ3n) is 1.19. The molecule has 0 spiro atoms. The van der Waals surface area contributed by atoms with Crippen LogP contribution in [-0.4, -0.2) is 27.8 Å². The highest BCUT2D eigenvalue weighted by Gasteiger charge is 2.14. The summed E-state index contributed by atoms with van der Waals surface area (Å²) >= 11 is 3.10. The lowest BCUT2D eigenvalue weighted by molar-refractivity contribution is 0.0582. The SMILES string of the molecule is COC(=O)c1nnc(Br)n1C. The topological polar surface area (TPSA) is 57.0 Å². The first-order valence-electron chi connectivity index (χ1n) is 2.80. The van der Waals surface area contributed by atoms with Crippen molar-refractivity contribution in [2.45, 2.75) is 0 Å².